The summed E-state index contributed by atoms with van der Waals surface area (Å²) in [4.78, 5) is 0.0497. The Hall–Kier alpha value is -1.14. The molecule has 0 saturated heterocycles. The third-order valence-corrected chi connectivity index (χ3v) is 6.76. The first kappa shape index (κ1) is 12.6. The molecular weight excluding hydrogens is 279 g/mol. The van der Waals surface area contributed by atoms with Crippen LogP contribution >= 0.6 is 0 Å². The highest BCUT2D eigenvalue weighted by molar-refractivity contribution is 7.89. The van der Waals surface area contributed by atoms with E-state index in [9.17, 15) is 12.8 Å². The van der Waals surface area contributed by atoms with Crippen molar-refractivity contribution in [3.05, 3.63) is 24.0 Å². The zero-order chi connectivity index (χ0) is 14.1. The number of nitrogens with one attached hydrogen (secondary N) is 1. The van der Waals surface area contributed by atoms with Gasteiger partial charge in [-0.2, -0.15) is 0 Å². The number of sulfonamides is 1. The summed E-state index contributed by atoms with van der Waals surface area (Å²) in [6.45, 7) is 0. The van der Waals surface area contributed by atoms with Gasteiger partial charge in [0.15, 0.2) is 0 Å². The van der Waals surface area contributed by atoms with Gasteiger partial charge in [-0.1, -0.05) is 0 Å². The molecule has 6 heteroatoms. The van der Waals surface area contributed by atoms with Crippen molar-refractivity contribution >= 4 is 15.7 Å². The van der Waals surface area contributed by atoms with E-state index in [0.717, 1.165) is 6.07 Å². The normalized spacial score (nSPS) is 38.0. The predicted octanol–water partition coefficient (Wildman–Crippen LogP) is 1.73. The van der Waals surface area contributed by atoms with Gasteiger partial charge in [0.1, 0.15) is 5.82 Å². The number of hydrogen-bond donors (Lipinski definition) is 2. The maximum absolute atomic E-state index is 13.1. The van der Waals surface area contributed by atoms with Crippen molar-refractivity contribution in [2.75, 3.05) is 5.73 Å². The smallest absolute Gasteiger partial charge is 0.240 e. The van der Waals surface area contributed by atoms with E-state index < -0.39 is 15.8 Å². The van der Waals surface area contributed by atoms with E-state index >= 15 is 0 Å². The van der Waals surface area contributed by atoms with Gasteiger partial charge >= 0.3 is 0 Å². The summed E-state index contributed by atoms with van der Waals surface area (Å²) in [5.41, 5.74) is 5.31. The van der Waals surface area contributed by atoms with Gasteiger partial charge in [0.05, 0.1) is 10.6 Å². The number of nitrogen functional groups attached to an aromatic ring is 1. The number of hydrogen-bond acceptors (Lipinski definition) is 3. The second-order valence-corrected chi connectivity index (χ2v) is 8.03. The quantitative estimate of drug-likeness (QED) is 0.834. The molecule has 3 aliphatic rings. The largest absolute Gasteiger partial charge is 0.396 e. The first-order chi connectivity index (χ1) is 9.47. The molecule has 0 amide bonds. The number of nitrogens with two attached hydrogens (primary N) is 1. The van der Waals surface area contributed by atoms with Crippen molar-refractivity contribution < 1.29 is 12.8 Å². The minimum absolute atomic E-state index is 0.0497. The molecule has 0 heterocycles. The minimum atomic E-state index is -3.59. The van der Waals surface area contributed by atoms with Crippen LogP contribution in [-0.4, -0.2) is 14.5 Å². The lowest BCUT2D eigenvalue weighted by Gasteiger charge is -2.11. The molecule has 3 saturated carbocycles. The molecule has 4 rings (SSSR count). The third kappa shape index (κ3) is 1.71. The second-order valence-electron chi connectivity index (χ2n) is 6.32. The standard InChI is InChI=1S/C14H17FN2O2S/c15-10-4-3-9(6-11(10)16)20(18,19)17-14-12-7-1-2-8(5-7)13(12)14/h3-4,6-8,12-14,17H,1-2,5,16H2. The Bertz CT molecular complexity index is 660. The minimum Gasteiger partial charge on any atom is -0.396 e. The van der Waals surface area contributed by atoms with Crippen LogP contribution in [0.15, 0.2) is 23.1 Å². The maximum Gasteiger partial charge on any atom is 0.240 e. The first-order valence-corrected chi connectivity index (χ1v) is 8.53. The van der Waals surface area contributed by atoms with Gasteiger partial charge in [0.2, 0.25) is 10.0 Å². The van der Waals surface area contributed by atoms with Gasteiger partial charge in [0.25, 0.3) is 0 Å². The zero-order valence-electron chi connectivity index (χ0n) is 10.9. The summed E-state index contributed by atoms with van der Waals surface area (Å²) in [5, 5.41) is 0. The molecule has 108 valence electrons. The molecule has 3 N–H and O–H groups in total. The average Bonchev–Trinajstić information content (AvgIpc) is 2.81. The Balaban J connectivity index is 1.55. The topological polar surface area (TPSA) is 72.2 Å². The van der Waals surface area contributed by atoms with Crippen LogP contribution in [0.2, 0.25) is 0 Å². The molecule has 4 atom stereocenters. The predicted molar refractivity (Wildman–Crippen MR) is 72.7 cm³/mol. The van der Waals surface area contributed by atoms with Crippen LogP contribution < -0.4 is 10.5 Å². The van der Waals surface area contributed by atoms with E-state index in [0.29, 0.717) is 23.7 Å². The highest BCUT2D eigenvalue weighted by atomic mass is 32.2. The summed E-state index contributed by atoms with van der Waals surface area (Å²) in [7, 11) is -3.59. The van der Waals surface area contributed by atoms with Crippen molar-refractivity contribution in [3.63, 3.8) is 0 Å². The number of fused-ring (bicyclic) bond motifs is 5. The molecule has 3 fully saturated rings. The Labute approximate surface area is 117 Å². The van der Waals surface area contributed by atoms with Crippen molar-refractivity contribution in [1.29, 1.82) is 0 Å². The van der Waals surface area contributed by atoms with Crippen molar-refractivity contribution in [2.24, 2.45) is 23.7 Å². The van der Waals surface area contributed by atoms with Gasteiger partial charge in [0, 0.05) is 6.04 Å². The highest BCUT2D eigenvalue weighted by Gasteiger charge is 2.65. The molecule has 4 unspecified atom stereocenters. The number of benzene rings is 1. The van der Waals surface area contributed by atoms with E-state index in [1.165, 1.54) is 31.4 Å². The molecular formula is C14H17FN2O2S. The monoisotopic (exact) mass is 296 g/mol. The Morgan fingerprint density at radius 1 is 1.20 bits per heavy atom. The second kappa shape index (κ2) is 3.95. The van der Waals surface area contributed by atoms with Crippen LogP contribution in [0.3, 0.4) is 0 Å². The van der Waals surface area contributed by atoms with Gasteiger partial charge in [-0.3, -0.25) is 0 Å². The fourth-order valence-electron chi connectivity index (χ4n) is 4.42. The summed E-state index contributed by atoms with van der Waals surface area (Å²) < 4.78 is 40.6. The van der Waals surface area contributed by atoms with E-state index in [1.807, 2.05) is 0 Å². The zero-order valence-corrected chi connectivity index (χ0v) is 11.7. The van der Waals surface area contributed by atoms with Crippen LogP contribution in [0.25, 0.3) is 0 Å². The van der Waals surface area contributed by atoms with Gasteiger partial charge in [-0.25, -0.2) is 17.5 Å². The molecule has 20 heavy (non-hydrogen) atoms. The lowest BCUT2D eigenvalue weighted by molar-refractivity contribution is 0.456. The molecule has 2 bridgehead atoms. The Morgan fingerprint density at radius 2 is 1.85 bits per heavy atom. The molecule has 4 nitrogen and oxygen atoms in total. The summed E-state index contributed by atoms with van der Waals surface area (Å²) in [6.07, 6.45) is 3.76. The number of anilines is 1. The van der Waals surface area contributed by atoms with Gasteiger partial charge in [-0.15, -0.1) is 0 Å². The number of rotatable bonds is 3. The fraction of sp³-hybridized carbons (Fsp3) is 0.571. The molecule has 1 aromatic carbocycles. The van der Waals surface area contributed by atoms with Crippen molar-refractivity contribution in [1.82, 2.24) is 4.72 Å². The highest BCUT2D eigenvalue weighted by Crippen LogP contribution is 2.65. The summed E-state index contributed by atoms with van der Waals surface area (Å²) in [6, 6.07) is 3.63. The average molecular weight is 296 g/mol. The van der Waals surface area contributed by atoms with Crippen LogP contribution in [-0.2, 0) is 10.0 Å². The molecule has 0 aromatic heterocycles. The maximum atomic E-state index is 13.1. The molecule has 3 aliphatic carbocycles. The molecule has 0 aliphatic heterocycles. The molecule has 0 spiro atoms. The van der Waals surface area contributed by atoms with Crippen LogP contribution in [0.4, 0.5) is 10.1 Å². The molecule has 1 aromatic rings. The lowest BCUT2D eigenvalue weighted by Crippen LogP contribution is -2.30. The van der Waals surface area contributed by atoms with E-state index in [-0.39, 0.29) is 16.6 Å². The first-order valence-electron chi connectivity index (χ1n) is 7.05. The van der Waals surface area contributed by atoms with E-state index in [2.05, 4.69) is 4.72 Å². The SMILES string of the molecule is Nc1cc(S(=O)(=O)NC2C3C4CCC(C4)C23)ccc1F. The lowest BCUT2D eigenvalue weighted by atomic mass is 10.0. The summed E-state index contributed by atoms with van der Waals surface area (Å²) >= 11 is 0. The van der Waals surface area contributed by atoms with Crippen LogP contribution in [0.5, 0.6) is 0 Å². The van der Waals surface area contributed by atoms with E-state index in [1.54, 1.807) is 0 Å². The van der Waals surface area contributed by atoms with Crippen LogP contribution in [0.1, 0.15) is 19.3 Å². The molecule has 0 radical (unpaired) electrons. The van der Waals surface area contributed by atoms with Crippen molar-refractivity contribution in [3.8, 4) is 0 Å². The third-order valence-electron chi connectivity index (χ3n) is 5.30. The fourth-order valence-corrected chi connectivity index (χ4v) is 5.76. The van der Waals surface area contributed by atoms with Crippen molar-refractivity contribution in [2.45, 2.75) is 30.2 Å². The van der Waals surface area contributed by atoms with Crippen LogP contribution in [0, 0.1) is 29.5 Å². The number of halogens is 1. The Morgan fingerprint density at radius 3 is 2.45 bits per heavy atom. The van der Waals surface area contributed by atoms with Gasteiger partial charge < -0.3 is 5.73 Å². The van der Waals surface area contributed by atoms with E-state index in [4.69, 9.17) is 5.73 Å². The summed E-state index contributed by atoms with van der Waals surface area (Å²) in [5.74, 6) is 1.87. The van der Waals surface area contributed by atoms with Gasteiger partial charge in [-0.05, 0) is 61.1 Å². The Kier molecular flexibility index (Phi) is 2.49.